The Labute approximate surface area is 141 Å². The van der Waals surface area contributed by atoms with E-state index in [1.165, 1.54) is 12.5 Å². The van der Waals surface area contributed by atoms with E-state index in [2.05, 4.69) is 0 Å². The van der Waals surface area contributed by atoms with Crippen molar-refractivity contribution in [1.82, 2.24) is 14.7 Å². The SMILES string of the molecule is O=C(CN1CCCCCC1=O)N1CCN(C(=O)c2ccoc2)CC1. The number of hydrogen-bond acceptors (Lipinski definition) is 4. The van der Waals surface area contributed by atoms with Gasteiger partial charge in [-0.2, -0.15) is 0 Å². The maximum absolute atomic E-state index is 12.4. The Morgan fingerprint density at radius 2 is 1.75 bits per heavy atom. The second-order valence-corrected chi connectivity index (χ2v) is 6.31. The third-order valence-electron chi connectivity index (χ3n) is 4.69. The minimum absolute atomic E-state index is 0.0272. The molecule has 2 aliphatic heterocycles. The highest BCUT2D eigenvalue weighted by atomic mass is 16.3. The van der Waals surface area contributed by atoms with Crippen LogP contribution in [0, 0.1) is 0 Å². The van der Waals surface area contributed by atoms with Crippen LogP contribution in [-0.4, -0.2) is 71.7 Å². The summed E-state index contributed by atoms with van der Waals surface area (Å²) in [4.78, 5) is 41.8. The molecule has 3 rings (SSSR count). The summed E-state index contributed by atoms with van der Waals surface area (Å²) >= 11 is 0. The van der Waals surface area contributed by atoms with Crippen LogP contribution in [0.15, 0.2) is 23.0 Å². The van der Waals surface area contributed by atoms with Gasteiger partial charge in [0.1, 0.15) is 6.26 Å². The number of carbonyl (C=O) groups excluding carboxylic acids is 3. The summed E-state index contributed by atoms with van der Waals surface area (Å²) in [5.41, 5.74) is 0.532. The van der Waals surface area contributed by atoms with Gasteiger partial charge in [-0.3, -0.25) is 14.4 Å². The van der Waals surface area contributed by atoms with Crippen LogP contribution in [0.5, 0.6) is 0 Å². The molecule has 130 valence electrons. The normalized spacial score (nSPS) is 19.3. The highest BCUT2D eigenvalue weighted by molar-refractivity contribution is 5.94. The van der Waals surface area contributed by atoms with Crippen molar-refractivity contribution in [3.63, 3.8) is 0 Å². The first-order valence-electron chi connectivity index (χ1n) is 8.52. The van der Waals surface area contributed by atoms with E-state index in [0.717, 1.165) is 19.3 Å². The predicted octanol–water partition coefficient (Wildman–Crippen LogP) is 0.967. The van der Waals surface area contributed by atoms with E-state index < -0.39 is 0 Å². The smallest absolute Gasteiger partial charge is 0.257 e. The third-order valence-corrected chi connectivity index (χ3v) is 4.69. The van der Waals surface area contributed by atoms with Gasteiger partial charge in [0, 0.05) is 39.1 Å². The number of likely N-dealkylation sites (tertiary alicyclic amines) is 1. The highest BCUT2D eigenvalue weighted by Crippen LogP contribution is 2.13. The average molecular weight is 333 g/mol. The van der Waals surface area contributed by atoms with Crippen LogP contribution in [0.25, 0.3) is 0 Å². The van der Waals surface area contributed by atoms with Crippen LogP contribution in [-0.2, 0) is 9.59 Å². The monoisotopic (exact) mass is 333 g/mol. The van der Waals surface area contributed by atoms with Crippen LogP contribution in [0.3, 0.4) is 0 Å². The molecule has 3 amide bonds. The zero-order valence-corrected chi connectivity index (χ0v) is 13.8. The second-order valence-electron chi connectivity index (χ2n) is 6.31. The molecular weight excluding hydrogens is 310 g/mol. The van der Waals surface area contributed by atoms with E-state index in [-0.39, 0.29) is 24.3 Å². The molecule has 0 aliphatic carbocycles. The lowest BCUT2D eigenvalue weighted by atomic mass is 10.2. The van der Waals surface area contributed by atoms with Gasteiger partial charge in [-0.1, -0.05) is 6.42 Å². The molecule has 1 aromatic heterocycles. The van der Waals surface area contributed by atoms with Gasteiger partial charge in [-0.25, -0.2) is 0 Å². The molecule has 1 aromatic rings. The number of hydrogen-bond donors (Lipinski definition) is 0. The zero-order valence-electron chi connectivity index (χ0n) is 13.8. The van der Waals surface area contributed by atoms with Gasteiger partial charge in [0.25, 0.3) is 5.91 Å². The number of rotatable bonds is 3. The van der Waals surface area contributed by atoms with E-state index in [1.54, 1.807) is 20.8 Å². The molecule has 0 radical (unpaired) electrons. The van der Waals surface area contributed by atoms with Gasteiger partial charge < -0.3 is 19.1 Å². The molecule has 3 heterocycles. The molecule has 0 atom stereocenters. The van der Waals surface area contributed by atoms with Crippen LogP contribution in [0.2, 0.25) is 0 Å². The maximum Gasteiger partial charge on any atom is 0.257 e. The molecular formula is C17H23N3O4. The summed E-state index contributed by atoms with van der Waals surface area (Å²) in [5, 5.41) is 0. The molecule has 0 unspecified atom stereocenters. The summed E-state index contributed by atoms with van der Waals surface area (Å²) in [6, 6.07) is 1.64. The third kappa shape index (κ3) is 3.77. The highest BCUT2D eigenvalue weighted by Gasteiger charge is 2.27. The molecule has 2 saturated heterocycles. The first-order chi connectivity index (χ1) is 11.6. The Morgan fingerprint density at radius 1 is 1.00 bits per heavy atom. The molecule has 24 heavy (non-hydrogen) atoms. The van der Waals surface area contributed by atoms with Crippen molar-refractivity contribution >= 4 is 17.7 Å². The van der Waals surface area contributed by atoms with Crippen molar-refractivity contribution in [1.29, 1.82) is 0 Å². The Morgan fingerprint density at radius 3 is 2.46 bits per heavy atom. The van der Waals surface area contributed by atoms with Gasteiger partial charge >= 0.3 is 0 Å². The molecule has 7 nitrogen and oxygen atoms in total. The lowest BCUT2D eigenvalue weighted by Gasteiger charge is -2.35. The first kappa shape index (κ1) is 16.5. The van der Waals surface area contributed by atoms with E-state index in [4.69, 9.17) is 4.42 Å². The summed E-state index contributed by atoms with van der Waals surface area (Å²) < 4.78 is 4.94. The molecule has 2 fully saturated rings. The molecule has 0 spiro atoms. The molecule has 2 aliphatic rings. The average Bonchev–Trinajstić information content (AvgIpc) is 3.07. The first-order valence-corrected chi connectivity index (χ1v) is 8.52. The Bertz CT molecular complexity index is 591. The molecule has 0 bridgehead atoms. The van der Waals surface area contributed by atoms with E-state index in [9.17, 15) is 14.4 Å². The van der Waals surface area contributed by atoms with Crippen LogP contribution < -0.4 is 0 Å². The Kier molecular flexibility index (Phi) is 5.17. The number of carbonyl (C=O) groups is 3. The van der Waals surface area contributed by atoms with Gasteiger partial charge in [0.05, 0.1) is 18.4 Å². The van der Waals surface area contributed by atoms with Gasteiger partial charge in [-0.05, 0) is 18.9 Å². The zero-order chi connectivity index (χ0) is 16.9. The largest absolute Gasteiger partial charge is 0.472 e. The summed E-state index contributed by atoms with van der Waals surface area (Å²) in [7, 11) is 0. The fraction of sp³-hybridized carbons (Fsp3) is 0.588. The van der Waals surface area contributed by atoms with Crippen molar-refractivity contribution in [3.05, 3.63) is 24.2 Å². The topological polar surface area (TPSA) is 74.1 Å². The summed E-state index contributed by atoms with van der Waals surface area (Å²) in [6.45, 7) is 2.85. The lowest BCUT2D eigenvalue weighted by Crippen LogP contribution is -2.53. The van der Waals surface area contributed by atoms with Crippen molar-refractivity contribution < 1.29 is 18.8 Å². The number of amides is 3. The summed E-state index contributed by atoms with van der Waals surface area (Å²) in [5.74, 6) is -0.0196. The van der Waals surface area contributed by atoms with E-state index >= 15 is 0 Å². The molecule has 0 aromatic carbocycles. The molecule has 7 heteroatoms. The number of piperazine rings is 1. The van der Waals surface area contributed by atoms with Gasteiger partial charge in [-0.15, -0.1) is 0 Å². The van der Waals surface area contributed by atoms with Crippen molar-refractivity contribution in [2.24, 2.45) is 0 Å². The minimum Gasteiger partial charge on any atom is -0.472 e. The predicted molar refractivity (Wildman–Crippen MR) is 86.2 cm³/mol. The van der Waals surface area contributed by atoms with Crippen molar-refractivity contribution in [2.75, 3.05) is 39.3 Å². The maximum atomic E-state index is 12.4. The van der Waals surface area contributed by atoms with Crippen LogP contribution in [0.1, 0.15) is 36.0 Å². The van der Waals surface area contributed by atoms with Gasteiger partial charge in [0.15, 0.2) is 0 Å². The fourth-order valence-electron chi connectivity index (χ4n) is 3.20. The molecule has 0 saturated carbocycles. The molecule has 0 N–H and O–H groups in total. The lowest BCUT2D eigenvalue weighted by molar-refractivity contribution is -0.141. The van der Waals surface area contributed by atoms with E-state index in [0.29, 0.717) is 44.7 Å². The minimum atomic E-state index is -0.0708. The van der Waals surface area contributed by atoms with Crippen LogP contribution >= 0.6 is 0 Å². The number of nitrogens with zero attached hydrogens (tertiary/aromatic N) is 3. The second kappa shape index (κ2) is 7.51. The quantitative estimate of drug-likeness (QED) is 0.826. The van der Waals surface area contributed by atoms with Gasteiger partial charge in [0.2, 0.25) is 11.8 Å². The Hall–Kier alpha value is -2.31. The fourth-order valence-corrected chi connectivity index (χ4v) is 3.20. The van der Waals surface area contributed by atoms with Crippen molar-refractivity contribution in [2.45, 2.75) is 25.7 Å². The standard InChI is InChI=1S/C17H23N3O4/c21-15-4-2-1-3-6-20(15)12-16(22)18-7-9-19(10-8-18)17(23)14-5-11-24-13-14/h5,11,13H,1-4,6-10,12H2. The Balaban J connectivity index is 1.50. The number of furan rings is 1. The van der Waals surface area contributed by atoms with Crippen LogP contribution in [0.4, 0.5) is 0 Å². The van der Waals surface area contributed by atoms with E-state index in [1.807, 2.05) is 0 Å². The van der Waals surface area contributed by atoms with Crippen molar-refractivity contribution in [3.8, 4) is 0 Å². The summed E-state index contributed by atoms with van der Waals surface area (Å²) in [6.07, 6.45) is 6.38.